The third-order valence-corrected chi connectivity index (χ3v) is 5.07. The molecule has 1 saturated heterocycles. The highest BCUT2D eigenvalue weighted by Gasteiger charge is 2.23. The molecule has 3 aromatic rings. The number of ether oxygens (including phenoxy) is 2. The molecule has 0 saturated carbocycles. The van der Waals surface area contributed by atoms with Gasteiger partial charge >= 0.3 is 0 Å². The zero-order chi connectivity index (χ0) is 22.1. The summed E-state index contributed by atoms with van der Waals surface area (Å²) in [4.78, 5) is 32.6. The summed E-state index contributed by atoms with van der Waals surface area (Å²) < 4.78 is 13.7. The van der Waals surface area contributed by atoms with Crippen molar-refractivity contribution in [3.8, 4) is 22.9 Å². The van der Waals surface area contributed by atoms with E-state index in [9.17, 15) is 9.59 Å². The van der Waals surface area contributed by atoms with Gasteiger partial charge in [-0.1, -0.05) is 0 Å². The van der Waals surface area contributed by atoms with Crippen LogP contribution in [0.5, 0.6) is 11.6 Å². The number of nitrogens with one attached hydrogen (secondary N) is 1. The number of primary amides is 1. The van der Waals surface area contributed by atoms with E-state index in [1.54, 1.807) is 24.7 Å². The maximum Gasteiger partial charge on any atom is 0.252 e. The predicted octanol–water partition coefficient (Wildman–Crippen LogP) is 2.18. The van der Waals surface area contributed by atoms with E-state index >= 15 is 0 Å². The van der Waals surface area contributed by atoms with Crippen LogP contribution in [-0.4, -0.2) is 45.1 Å². The van der Waals surface area contributed by atoms with Crippen LogP contribution >= 0.6 is 0 Å². The van der Waals surface area contributed by atoms with E-state index < -0.39 is 5.91 Å². The molecule has 1 aliphatic rings. The summed E-state index contributed by atoms with van der Waals surface area (Å²) in [5.41, 5.74) is 7.37. The van der Waals surface area contributed by atoms with Crippen molar-refractivity contribution in [3.05, 3.63) is 36.4 Å². The lowest BCUT2D eigenvalue weighted by Crippen LogP contribution is -2.31. The van der Waals surface area contributed by atoms with Gasteiger partial charge in [0, 0.05) is 36.8 Å². The quantitative estimate of drug-likeness (QED) is 0.601. The number of carbonyl (C=O) groups excluding carboxylic acids is 2. The van der Waals surface area contributed by atoms with Gasteiger partial charge in [0.05, 0.1) is 29.7 Å². The Balaban J connectivity index is 1.83. The lowest BCUT2D eigenvalue weighted by molar-refractivity contribution is -0.119. The molecule has 0 spiro atoms. The van der Waals surface area contributed by atoms with E-state index in [-0.39, 0.29) is 23.6 Å². The molecule has 0 aliphatic carbocycles. The first-order valence-corrected chi connectivity index (χ1v) is 10.2. The zero-order valence-corrected chi connectivity index (χ0v) is 17.7. The molecule has 9 nitrogen and oxygen atoms in total. The number of benzene rings is 1. The number of rotatable bonds is 7. The summed E-state index contributed by atoms with van der Waals surface area (Å²) in [6.07, 6.45) is 6.29. The first-order valence-electron chi connectivity index (χ1n) is 10.2. The molecule has 4 rings (SSSR count). The molecule has 0 radical (unpaired) electrons. The molecule has 2 aromatic heterocycles. The average molecular weight is 423 g/mol. The molecule has 2 amide bonds. The molecule has 1 aromatic carbocycles. The van der Waals surface area contributed by atoms with Crippen molar-refractivity contribution in [1.82, 2.24) is 19.9 Å². The van der Waals surface area contributed by atoms with Gasteiger partial charge < -0.3 is 25.1 Å². The third kappa shape index (κ3) is 4.30. The fourth-order valence-electron chi connectivity index (χ4n) is 3.64. The van der Waals surface area contributed by atoms with Crippen LogP contribution in [0.2, 0.25) is 0 Å². The zero-order valence-electron chi connectivity index (χ0n) is 17.7. The van der Waals surface area contributed by atoms with Crippen LogP contribution in [0.1, 0.15) is 37.0 Å². The summed E-state index contributed by atoms with van der Waals surface area (Å²) in [6.45, 7) is 4.05. The summed E-state index contributed by atoms with van der Waals surface area (Å²) in [5, 5.41) is 4.28. The predicted molar refractivity (Wildman–Crippen MR) is 115 cm³/mol. The van der Waals surface area contributed by atoms with Crippen LogP contribution in [0.25, 0.3) is 22.0 Å². The number of fused-ring (bicyclic) bond motifs is 1. The number of hydrogen-bond donors (Lipinski definition) is 2. The van der Waals surface area contributed by atoms with Crippen LogP contribution in [0, 0.1) is 0 Å². The number of pyridine rings is 1. The molecule has 1 fully saturated rings. The molecule has 1 atom stereocenters. The summed E-state index contributed by atoms with van der Waals surface area (Å²) >= 11 is 0. The Kier molecular flexibility index (Phi) is 5.50. The largest absolute Gasteiger partial charge is 0.490 e. The number of imidazole rings is 1. The standard InChI is InChI=1S/C22H25N5O4/c1-12(2)31-19-7-15-14(6-16(19)21(23)29)17(18-9-27(3)11-25-18)8-24-22(15)30-10-13-4-5-20(28)26-13/h6-9,11-13H,4-5,10H2,1-3H3,(H2,23,29)(H,26,28)/t13-/m0/s1. The summed E-state index contributed by atoms with van der Waals surface area (Å²) in [6, 6.07) is 3.37. The normalized spacial score (nSPS) is 16.0. The van der Waals surface area contributed by atoms with Crippen molar-refractivity contribution in [1.29, 1.82) is 0 Å². The molecule has 3 heterocycles. The van der Waals surface area contributed by atoms with Gasteiger partial charge in [0.15, 0.2) is 0 Å². The Morgan fingerprint density at radius 3 is 2.74 bits per heavy atom. The minimum absolute atomic E-state index is 0.0237. The average Bonchev–Trinajstić information content (AvgIpc) is 3.33. The second kappa shape index (κ2) is 8.25. The third-order valence-electron chi connectivity index (χ3n) is 5.07. The Hall–Kier alpha value is -3.62. The van der Waals surface area contributed by atoms with Gasteiger partial charge in [-0.3, -0.25) is 9.59 Å². The monoisotopic (exact) mass is 423 g/mol. The molecule has 31 heavy (non-hydrogen) atoms. The first kappa shape index (κ1) is 20.6. The maximum absolute atomic E-state index is 12.1. The number of aryl methyl sites for hydroxylation is 1. The van der Waals surface area contributed by atoms with Crippen molar-refractivity contribution in [2.75, 3.05) is 6.61 Å². The SMILES string of the molecule is CC(C)Oc1cc2c(OC[C@@H]3CCC(=O)N3)ncc(-c3cn(C)cn3)c2cc1C(N)=O. The van der Waals surface area contributed by atoms with Crippen LogP contribution in [0.15, 0.2) is 30.9 Å². The van der Waals surface area contributed by atoms with Gasteiger partial charge in [-0.05, 0) is 37.8 Å². The number of nitrogens with zero attached hydrogens (tertiary/aromatic N) is 3. The summed E-state index contributed by atoms with van der Waals surface area (Å²) in [5.74, 6) is 0.197. The Morgan fingerprint density at radius 1 is 1.32 bits per heavy atom. The highest BCUT2D eigenvalue weighted by Crippen LogP contribution is 2.37. The van der Waals surface area contributed by atoms with Crippen molar-refractivity contribution in [2.24, 2.45) is 12.8 Å². The van der Waals surface area contributed by atoms with Crippen LogP contribution in [0.4, 0.5) is 0 Å². The van der Waals surface area contributed by atoms with E-state index in [1.807, 2.05) is 31.7 Å². The first-order chi connectivity index (χ1) is 14.8. The second-order valence-electron chi connectivity index (χ2n) is 7.94. The van der Waals surface area contributed by atoms with Crippen LogP contribution < -0.4 is 20.5 Å². The minimum Gasteiger partial charge on any atom is -0.490 e. The Morgan fingerprint density at radius 2 is 2.13 bits per heavy atom. The van der Waals surface area contributed by atoms with Gasteiger partial charge in [0.2, 0.25) is 11.8 Å². The Bertz CT molecular complexity index is 1150. The maximum atomic E-state index is 12.1. The number of hydrogen-bond acceptors (Lipinski definition) is 6. The fraction of sp³-hybridized carbons (Fsp3) is 0.364. The smallest absolute Gasteiger partial charge is 0.252 e. The number of aromatic nitrogens is 3. The van der Waals surface area contributed by atoms with E-state index in [1.165, 1.54) is 0 Å². The molecule has 162 valence electrons. The summed E-state index contributed by atoms with van der Waals surface area (Å²) in [7, 11) is 1.88. The van der Waals surface area contributed by atoms with E-state index in [0.717, 1.165) is 17.4 Å². The van der Waals surface area contributed by atoms with Gasteiger partial charge in [0.25, 0.3) is 5.91 Å². The van der Waals surface area contributed by atoms with E-state index in [0.29, 0.717) is 35.7 Å². The second-order valence-corrected chi connectivity index (χ2v) is 7.94. The van der Waals surface area contributed by atoms with Gasteiger partial charge in [0.1, 0.15) is 12.4 Å². The van der Waals surface area contributed by atoms with Crippen molar-refractivity contribution in [2.45, 2.75) is 38.8 Å². The highest BCUT2D eigenvalue weighted by molar-refractivity contribution is 6.06. The van der Waals surface area contributed by atoms with E-state index in [4.69, 9.17) is 15.2 Å². The lowest BCUT2D eigenvalue weighted by atomic mass is 10.0. The molecule has 1 aliphatic heterocycles. The lowest BCUT2D eigenvalue weighted by Gasteiger charge is -2.17. The van der Waals surface area contributed by atoms with E-state index in [2.05, 4.69) is 15.3 Å². The topological polar surface area (TPSA) is 121 Å². The number of carbonyl (C=O) groups is 2. The van der Waals surface area contributed by atoms with Gasteiger partial charge in [-0.25, -0.2) is 9.97 Å². The molecule has 3 N–H and O–H groups in total. The van der Waals surface area contributed by atoms with Crippen LogP contribution in [-0.2, 0) is 11.8 Å². The molecule has 0 unspecified atom stereocenters. The number of nitrogens with two attached hydrogens (primary N) is 1. The molecule has 9 heteroatoms. The molecule has 0 bridgehead atoms. The van der Waals surface area contributed by atoms with Crippen molar-refractivity contribution < 1.29 is 19.1 Å². The van der Waals surface area contributed by atoms with Crippen molar-refractivity contribution >= 4 is 22.6 Å². The minimum atomic E-state index is -0.586. The van der Waals surface area contributed by atoms with Gasteiger partial charge in [-0.15, -0.1) is 0 Å². The van der Waals surface area contributed by atoms with Crippen molar-refractivity contribution in [3.63, 3.8) is 0 Å². The molecular weight excluding hydrogens is 398 g/mol. The van der Waals surface area contributed by atoms with Gasteiger partial charge in [-0.2, -0.15) is 0 Å². The van der Waals surface area contributed by atoms with Crippen LogP contribution in [0.3, 0.4) is 0 Å². The molecular formula is C22H25N5O4. The highest BCUT2D eigenvalue weighted by atomic mass is 16.5. The number of amides is 2. The fourth-order valence-corrected chi connectivity index (χ4v) is 3.64. The Labute approximate surface area is 179 Å².